The van der Waals surface area contributed by atoms with Gasteiger partial charge in [-0.2, -0.15) is 0 Å². The van der Waals surface area contributed by atoms with Crippen LogP contribution in [0.2, 0.25) is 0 Å². The molecule has 1 heterocycles. The summed E-state index contributed by atoms with van der Waals surface area (Å²) in [5.74, 6) is 1.30. The van der Waals surface area contributed by atoms with Gasteiger partial charge in [-0.25, -0.2) is 0 Å². The van der Waals surface area contributed by atoms with Gasteiger partial charge in [-0.15, -0.1) is 10.2 Å². The molecule has 20 heavy (non-hydrogen) atoms. The van der Waals surface area contributed by atoms with E-state index in [0.29, 0.717) is 11.8 Å². The third-order valence-corrected chi connectivity index (χ3v) is 4.00. The van der Waals surface area contributed by atoms with E-state index in [9.17, 15) is 0 Å². The van der Waals surface area contributed by atoms with E-state index >= 15 is 0 Å². The monoisotopic (exact) mass is 337 g/mol. The van der Waals surface area contributed by atoms with Crippen molar-refractivity contribution in [2.24, 2.45) is 0 Å². The van der Waals surface area contributed by atoms with Gasteiger partial charge in [-0.1, -0.05) is 28.9 Å². The highest BCUT2D eigenvalue weighted by Crippen LogP contribution is 2.27. The molecule has 1 N–H and O–H groups in total. The molecule has 0 bridgehead atoms. The molecule has 0 atom stereocenters. The Morgan fingerprint density at radius 1 is 1.25 bits per heavy atom. The fraction of sp³-hybridized carbons (Fsp3) is 0.467. The Morgan fingerprint density at radius 3 is 2.90 bits per heavy atom. The van der Waals surface area contributed by atoms with Crippen molar-refractivity contribution in [3.63, 3.8) is 0 Å². The molecular formula is C15H20BrN3O. The number of nitrogens with one attached hydrogen (secondary N) is 1. The van der Waals surface area contributed by atoms with E-state index in [2.05, 4.69) is 38.4 Å². The smallest absolute Gasteiger partial charge is 0.248 e. The highest BCUT2D eigenvalue weighted by molar-refractivity contribution is 9.10. The Bertz CT molecular complexity index is 554. The SMILES string of the molecule is CCCNCCCc1nnc(-c2cccc(Br)c2C)o1. The molecule has 0 aliphatic heterocycles. The normalized spacial score (nSPS) is 10.9. The van der Waals surface area contributed by atoms with Gasteiger partial charge in [0.1, 0.15) is 0 Å². The molecule has 108 valence electrons. The van der Waals surface area contributed by atoms with Crippen LogP contribution in [0.25, 0.3) is 11.5 Å². The molecule has 0 unspecified atom stereocenters. The predicted molar refractivity (Wildman–Crippen MR) is 83.7 cm³/mol. The maximum absolute atomic E-state index is 5.74. The Balaban J connectivity index is 1.97. The summed E-state index contributed by atoms with van der Waals surface area (Å²) in [6.07, 6.45) is 2.99. The summed E-state index contributed by atoms with van der Waals surface area (Å²) < 4.78 is 6.80. The lowest BCUT2D eigenvalue weighted by Crippen LogP contribution is -2.16. The first-order valence-electron chi connectivity index (χ1n) is 7.01. The molecule has 1 aromatic carbocycles. The summed E-state index contributed by atoms with van der Waals surface area (Å²) in [6, 6.07) is 5.99. The van der Waals surface area contributed by atoms with Crippen molar-refractivity contribution in [1.29, 1.82) is 0 Å². The van der Waals surface area contributed by atoms with Gasteiger partial charge >= 0.3 is 0 Å². The largest absolute Gasteiger partial charge is 0.421 e. The summed E-state index contributed by atoms with van der Waals surface area (Å²) in [5, 5.41) is 11.6. The van der Waals surface area contributed by atoms with Crippen molar-refractivity contribution in [2.45, 2.75) is 33.1 Å². The van der Waals surface area contributed by atoms with Crippen molar-refractivity contribution < 1.29 is 4.42 Å². The first-order chi connectivity index (χ1) is 9.72. The number of nitrogens with zero attached hydrogens (tertiary/aromatic N) is 2. The van der Waals surface area contributed by atoms with E-state index in [4.69, 9.17) is 4.42 Å². The van der Waals surface area contributed by atoms with E-state index in [1.807, 2.05) is 25.1 Å². The van der Waals surface area contributed by atoms with Crippen LogP contribution in [-0.4, -0.2) is 23.3 Å². The molecule has 1 aromatic heterocycles. The number of rotatable bonds is 7. The molecule has 0 spiro atoms. The number of hydrogen-bond acceptors (Lipinski definition) is 4. The maximum atomic E-state index is 5.74. The first kappa shape index (κ1) is 15.2. The van der Waals surface area contributed by atoms with Crippen LogP contribution in [0.1, 0.15) is 31.2 Å². The summed E-state index contributed by atoms with van der Waals surface area (Å²) in [5.41, 5.74) is 2.11. The Kier molecular flexibility index (Phi) is 5.73. The standard InChI is InChI=1S/C15H20BrN3O/c1-3-9-17-10-5-8-14-18-19-15(20-14)12-6-4-7-13(16)11(12)2/h4,6-7,17H,3,5,8-10H2,1-2H3. The maximum Gasteiger partial charge on any atom is 0.248 e. The molecule has 4 nitrogen and oxygen atoms in total. The fourth-order valence-electron chi connectivity index (χ4n) is 1.97. The Morgan fingerprint density at radius 2 is 2.10 bits per heavy atom. The van der Waals surface area contributed by atoms with Gasteiger partial charge in [0.05, 0.1) is 0 Å². The molecule has 0 aliphatic rings. The highest BCUT2D eigenvalue weighted by Gasteiger charge is 2.11. The first-order valence-corrected chi connectivity index (χ1v) is 7.80. The Labute approximate surface area is 128 Å². The number of benzene rings is 1. The molecule has 0 radical (unpaired) electrons. The van der Waals surface area contributed by atoms with E-state index in [-0.39, 0.29) is 0 Å². The molecule has 0 fully saturated rings. The quantitative estimate of drug-likeness (QED) is 0.782. The lowest BCUT2D eigenvalue weighted by atomic mass is 10.1. The molecule has 0 saturated carbocycles. The summed E-state index contributed by atoms with van der Waals surface area (Å²) in [6.45, 7) is 6.25. The zero-order valence-electron chi connectivity index (χ0n) is 11.9. The molecular weight excluding hydrogens is 318 g/mol. The minimum Gasteiger partial charge on any atom is -0.421 e. The molecule has 0 saturated heterocycles. The van der Waals surface area contributed by atoms with E-state index in [1.54, 1.807) is 0 Å². The van der Waals surface area contributed by atoms with Crippen LogP contribution in [0.4, 0.5) is 0 Å². The molecule has 5 heteroatoms. The van der Waals surface area contributed by atoms with Crippen molar-refractivity contribution in [3.8, 4) is 11.5 Å². The summed E-state index contributed by atoms with van der Waals surface area (Å²) in [4.78, 5) is 0. The minimum absolute atomic E-state index is 0.598. The highest BCUT2D eigenvalue weighted by atomic mass is 79.9. The van der Waals surface area contributed by atoms with Crippen LogP contribution in [-0.2, 0) is 6.42 Å². The minimum atomic E-state index is 0.598. The average Bonchev–Trinajstić information content (AvgIpc) is 2.90. The van der Waals surface area contributed by atoms with Crippen LogP contribution in [0.5, 0.6) is 0 Å². The molecule has 0 aliphatic carbocycles. The number of hydrogen-bond donors (Lipinski definition) is 1. The van der Waals surface area contributed by atoms with E-state index in [0.717, 1.165) is 48.0 Å². The zero-order chi connectivity index (χ0) is 14.4. The zero-order valence-corrected chi connectivity index (χ0v) is 13.5. The van der Waals surface area contributed by atoms with Crippen LogP contribution >= 0.6 is 15.9 Å². The number of aromatic nitrogens is 2. The van der Waals surface area contributed by atoms with Gasteiger partial charge in [0.15, 0.2) is 0 Å². The van der Waals surface area contributed by atoms with E-state index < -0.39 is 0 Å². The predicted octanol–water partition coefficient (Wildman–Crippen LogP) is 3.74. The second-order valence-electron chi connectivity index (χ2n) is 4.77. The molecule has 0 amide bonds. The van der Waals surface area contributed by atoms with Gasteiger partial charge in [-0.05, 0) is 50.6 Å². The second kappa shape index (κ2) is 7.55. The van der Waals surface area contributed by atoms with Crippen LogP contribution < -0.4 is 5.32 Å². The van der Waals surface area contributed by atoms with E-state index in [1.165, 1.54) is 0 Å². The average molecular weight is 338 g/mol. The van der Waals surface area contributed by atoms with Gasteiger partial charge in [-0.3, -0.25) is 0 Å². The Hall–Kier alpha value is -1.20. The van der Waals surface area contributed by atoms with Gasteiger partial charge in [0, 0.05) is 16.5 Å². The van der Waals surface area contributed by atoms with Gasteiger partial charge in [0.25, 0.3) is 0 Å². The fourth-order valence-corrected chi connectivity index (χ4v) is 2.34. The lowest BCUT2D eigenvalue weighted by molar-refractivity contribution is 0.491. The lowest BCUT2D eigenvalue weighted by Gasteiger charge is -2.02. The molecule has 2 aromatic rings. The van der Waals surface area contributed by atoms with Gasteiger partial charge < -0.3 is 9.73 Å². The van der Waals surface area contributed by atoms with Crippen LogP contribution in [0.3, 0.4) is 0 Å². The molecule has 2 rings (SSSR count). The van der Waals surface area contributed by atoms with Crippen molar-refractivity contribution in [2.75, 3.05) is 13.1 Å². The topological polar surface area (TPSA) is 51.0 Å². The number of halogens is 1. The third-order valence-electron chi connectivity index (χ3n) is 3.14. The van der Waals surface area contributed by atoms with Gasteiger partial charge in [0.2, 0.25) is 11.8 Å². The summed E-state index contributed by atoms with van der Waals surface area (Å²) in [7, 11) is 0. The van der Waals surface area contributed by atoms with Crippen molar-refractivity contribution in [1.82, 2.24) is 15.5 Å². The van der Waals surface area contributed by atoms with Crippen molar-refractivity contribution >= 4 is 15.9 Å². The second-order valence-corrected chi connectivity index (χ2v) is 5.62. The van der Waals surface area contributed by atoms with Crippen LogP contribution in [0, 0.1) is 6.92 Å². The summed E-state index contributed by atoms with van der Waals surface area (Å²) >= 11 is 3.52. The van der Waals surface area contributed by atoms with Crippen LogP contribution in [0.15, 0.2) is 27.1 Å². The third kappa shape index (κ3) is 3.90. The number of aryl methyl sites for hydroxylation is 1. The van der Waals surface area contributed by atoms with Crippen molar-refractivity contribution in [3.05, 3.63) is 34.1 Å².